The van der Waals surface area contributed by atoms with Gasteiger partial charge in [-0.2, -0.15) is 5.26 Å². The Hall–Kier alpha value is -0.850. The predicted molar refractivity (Wildman–Crippen MR) is 49.0 cm³/mol. The number of rotatable bonds is 2. The lowest BCUT2D eigenvalue weighted by Crippen LogP contribution is -2.34. The van der Waals surface area contributed by atoms with Crippen molar-refractivity contribution in [1.82, 2.24) is 5.32 Å². The van der Waals surface area contributed by atoms with Crippen molar-refractivity contribution in [2.45, 2.75) is 18.9 Å². The van der Waals surface area contributed by atoms with Crippen LogP contribution in [0.1, 0.15) is 22.9 Å². The average molecular weight is 178 g/mol. The monoisotopic (exact) mass is 178 g/mol. The zero-order chi connectivity index (χ0) is 8.39. The Morgan fingerprint density at radius 2 is 2.58 bits per heavy atom. The highest BCUT2D eigenvalue weighted by atomic mass is 32.1. The van der Waals surface area contributed by atoms with Crippen LogP contribution < -0.4 is 5.32 Å². The van der Waals surface area contributed by atoms with Crippen molar-refractivity contribution in [2.24, 2.45) is 0 Å². The van der Waals surface area contributed by atoms with Gasteiger partial charge in [0.25, 0.3) is 0 Å². The van der Waals surface area contributed by atoms with E-state index in [9.17, 15) is 0 Å². The quantitative estimate of drug-likeness (QED) is 0.750. The number of nitriles is 1. The number of thiophene rings is 1. The number of nitrogens with one attached hydrogen (secondary N) is 1. The lowest BCUT2D eigenvalue weighted by Gasteiger charge is -2.26. The maximum atomic E-state index is 8.48. The first-order chi connectivity index (χ1) is 5.90. The standard InChI is InChI=1S/C9H10N2S/c10-3-1-8-5-7(6-12-8)9-2-4-11-9/h5-6,9,11H,1-2,4H2/t9-/m1/s1. The molecular weight excluding hydrogens is 168 g/mol. The summed E-state index contributed by atoms with van der Waals surface area (Å²) in [5.41, 5.74) is 1.36. The molecule has 1 N–H and O–H groups in total. The molecule has 2 nitrogen and oxygen atoms in total. The molecule has 12 heavy (non-hydrogen) atoms. The third kappa shape index (κ3) is 1.36. The van der Waals surface area contributed by atoms with Crippen molar-refractivity contribution in [3.05, 3.63) is 21.9 Å². The van der Waals surface area contributed by atoms with E-state index < -0.39 is 0 Å². The molecule has 2 heterocycles. The van der Waals surface area contributed by atoms with Gasteiger partial charge < -0.3 is 5.32 Å². The molecule has 0 saturated carbocycles. The predicted octanol–water partition coefficient (Wildman–Crippen LogP) is 1.85. The van der Waals surface area contributed by atoms with Gasteiger partial charge in [0.15, 0.2) is 0 Å². The fourth-order valence-corrected chi connectivity index (χ4v) is 2.20. The summed E-state index contributed by atoms with van der Waals surface area (Å²) in [6, 6.07) is 4.87. The first-order valence-corrected chi connectivity index (χ1v) is 4.96. The van der Waals surface area contributed by atoms with E-state index in [-0.39, 0.29) is 0 Å². The van der Waals surface area contributed by atoms with Gasteiger partial charge in [-0.25, -0.2) is 0 Å². The lowest BCUT2D eigenvalue weighted by atomic mass is 10.0. The molecule has 1 aliphatic heterocycles. The zero-order valence-electron chi connectivity index (χ0n) is 6.71. The van der Waals surface area contributed by atoms with Crippen LogP contribution in [0.2, 0.25) is 0 Å². The van der Waals surface area contributed by atoms with Gasteiger partial charge in [-0.1, -0.05) is 0 Å². The molecule has 1 fully saturated rings. The fourth-order valence-electron chi connectivity index (χ4n) is 1.32. The Labute approximate surface area is 75.8 Å². The molecule has 62 valence electrons. The smallest absolute Gasteiger partial charge is 0.0695 e. The Kier molecular flexibility index (Phi) is 2.11. The van der Waals surface area contributed by atoms with Crippen LogP contribution in [0.3, 0.4) is 0 Å². The molecule has 1 atom stereocenters. The van der Waals surface area contributed by atoms with E-state index in [0.29, 0.717) is 12.5 Å². The average Bonchev–Trinajstić information content (AvgIpc) is 2.34. The molecule has 0 bridgehead atoms. The molecule has 0 spiro atoms. The molecule has 1 aromatic rings. The number of hydrogen-bond donors (Lipinski definition) is 1. The summed E-state index contributed by atoms with van der Waals surface area (Å²) in [5, 5.41) is 14.0. The molecule has 1 aromatic heterocycles. The van der Waals surface area contributed by atoms with Crippen molar-refractivity contribution < 1.29 is 0 Å². The van der Waals surface area contributed by atoms with Gasteiger partial charge in [-0.05, 0) is 30.0 Å². The molecule has 0 radical (unpaired) electrons. The van der Waals surface area contributed by atoms with E-state index in [1.165, 1.54) is 16.9 Å². The topological polar surface area (TPSA) is 35.8 Å². The minimum atomic E-state index is 0.553. The van der Waals surface area contributed by atoms with Crippen LogP contribution in [-0.4, -0.2) is 6.54 Å². The van der Waals surface area contributed by atoms with Crippen LogP contribution in [0.4, 0.5) is 0 Å². The third-order valence-electron chi connectivity index (χ3n) is 2.15. The highest BCUT2D eigenvalue weighted by Gasteiger charge is 2.19. The maximum Gasteiger partial charge on any atom is 0.0695 e. The van der Waals surface area contributed by atoms with Gasteiger partial charge in [0.05, 0.1) is 12.5 Å². The highest BCUT2D eigenvalue weighted by molar-refractivity contribution is 7.10. The summed E-state index contributed by atoms with van der Waals surface area (Å²) in [6.07, 6.45) is 1.79. The van der Waals surface area contributed by atoms with Crippen molar-refractivity contribution in [3.63, 3.8) is 0 Å². The molecular formula is C9H10N2S. The minimum absolute atomic E-state index is 0.553. The second kappa shape index (κ2) is 3.26. The molecule has 2 rings (SSSR count). The van der Waals surface area contributed by atoms with E-state index in [2.05, 4.69) is 22.8 Å². The second-order valence-corrected chi connectivity index (χ2v) is 3.97. The van der Waals surface area contributed by atoms with Gasteiger partial charge in [-0.3, -0.25) is 0 Å². The van der Waals surface area contributed by atoms with Crippen molar-refractivity contribution in [2.75, 3.05) is 6.54 Å². The lowest BCUT2D eigenvalue weighted by molar-refractivity contribution is 0.384. The van der Waals surface area contributed by atoms with Crippen LogP contribution in [0.15, 0.2) is 11.4 Å². The largest absolute Gasteiger partial charge is 0.310 e. The Morgan fingerprint density at radius 3 is 3.17 bits per heavy atom. The van der Waals surface area contributed by atoms with Crippen molar-refractivity contribution in [1.29, 1.82) is 5.26 Å². The third-order valence-corrected chi connectivity index (χ3v) is 3.11. The summed E-state index contributed by atoms with van der Waals surface area (Å²) in [5.74, 6) is 0. The van der Waals surface area contributed by atoms with Gasteiger partial charge >= 0.3 is 0 Å². The molecule has 0 aliphatic carbocycles. The van der Waals surface area contributed by atoms with E-state index in [1.54, 1.807) is 11.3 Å². The van der Waals surface area contributed by atoms with Crippen LogP contribution in [0.5, 0.6) is 0 Å². The van der Waals surface area contributed by atoms with Crippen molar-refractivity contribution >= 4 is 11.3 Å². The molecule has 1 aliphatic rings. The van der Waals surface area contributed by atoms with E-state index in [0.717, 1.165) is 6.54 Å². The molecule has 0 aromatic carbocycles. The second-order valence-electron chi connectivity index (χ2n) is 2.98. The Bertz CT molecular complexity index is 307. The SMILES string of the molecule is N#CCc1cc([C@H]2CCN2)cs1. The van der Waals surface area contributed by atoms with E-state index in [1.807, 2.05) is 0 Å². The summed E-state index contributed by atoms with van der Waals surface area (Å²) in [4.78, 5) is 1.18. The number of nitrogens with zero attached hydrogens (tertiary/aromatic N) is 1. The summed E-state index contributed by atoms with van der Waals surface area (Å²) >= 11 is 1.69. The summed E-state index contributed by atoms with van der Waals surface area (Å²) in [7, 11) is 0. The van der Waals surface area contributed by atoms with Crippen LogP contribution in [0.25, 0.3) is 0 Å². The normalized spacial score (nSPS) is 21.4. The molecule has 3 heteroatoms. The molecule has 0 unspecified atom stereocenters. The number of hydrogen-bond acceptors (Lipinski definition) is 3. The van der Waals surface area contributed by atoms with Crippen molar-refractivity contribution in [3.8, 4) is 6.07 Å². The molecule has 1 saturated heterocycles. The van der Waals surface area contributed by atoms with Gasteiger partial charge in [0.2, 0.25) is 0 Å². The zero-order valence-corrected chi connectivity index (χ0v) is 7.53. The summed E-state index contributed by atoms with van der Waals surface area (Å²) in [6.45, 7) is 1.13. The summed E-state index contributed by atoms with van der Waals surface area (Å²) < 4.78 is 0. The first kappa shape index (κ1) is 7.78. The molecule has 0 amide bonds. The van der Waals surface area contributed by atoms with Crippen LogP contribution in [-0.2, 0) is 6.42 Å². The maximum absolute atomic E-state index is 8.48. The highest BCUT2D eigenvalue weighted by Crippen LogP contribution is 2.27. The first-order valence-electron chi connectivity index (χ1n) is 4.08. The van der Waals surface area contributed by atoms with Crippen LogP contribution >= 0.6 is 11.3 Å². The van der Waals surface area contributed by atoms with Gasteiger partial charge in [-0.15, -0.1) is 11.3 Å². The van der Waals surface area contributed by atoms with Gasteiger partial charge in [0.1, 0.15) is 0 Å². The Balaban J connectivity index is 2.08. The minimum Gasteiger partial charge on any atom is -0.310 e. The van der Waals surface area contributed by atoms with Crippen LogP contribution in [0, 0.1) is 11.3 Å². The fraction of sp³-hybridized carbons (Fsp3) is 0.444. The van der Waals surface area contributed by atoms with Gasteiger partial charge in [0, 0.05) is 10.9 Å². The van der Waals surface area contributed by atoms with E-state index in [4.69, 9.17) is 5.26 Å². The Morgan fingerprint density at radius 1 is 1.75 bits per heavy atom. The van der Waals surface area contributed by atoms with E-state index >= 15 is 0 Å².